The van der Waals surface area contributed by atoms with Crippen molar-refractivity contribution in [2.45, 2.75) is 11.8 Å². The molecule has 0 saturated carbocycles. The molecule has 5 N–H and O–H groups in total. The molecule has 3 heterocycles. The van der Waals surface area contributed by atoms with E-state index in [1.165, 1.54) is 15.6 Å². The highest BCUT2D eigenvalue weighted by molar-refractivity contribution is 7.89. The Morgan fingerprint density at radius 3 is 2.65 bits per heavy atom. The normalized spacial score (nSPS) is 15.0. The van der Waals surface area contributed by atoms with Gasteiger partial charge in [-0.1, -0.05) is 17.4 Å². The molecule has 0 unspecified atom stereocenters. The molecule has 0 amide bonds. The van der Waals surface area contributed by atoms with Gasteiger partial charge < -0.3 is 21.7 Å². The molecular weight excluding hydrogens is 438 g/mol. The third kappa shape index (κ3) is 4.58. The van der Waals surface area contributed by atoms with Crippen molar-refractivity contribution in [3.05, 3.63) is 30.0 Å². The number of rotatable bonds is 6. The van der Waals surface area contributed by atoms with Gasteiger partial charge in [-0.25, -0.2) is 13.4 Å². The minimum absolute atomic E-state index is 0.0518. The maximum absolute atomic E-state index is 13.0. The SMILES string of the molecule is CNc1nc(C)c(-c2nc(N)nc(Nc3cccc(S(=O)(=O)N4CCNCC4)c3)n2)s1. The van der Waals surface area contributed by atoms with Gasteiger partial charge >= 0.3 is 0 Å². The number of nitrogens with two attached hydrogens (primary N) is 1. The van der Waals surface area contributed by atoms with E-state index >= 15 is 0 Å². The van der Waals surface area contributed by atoms with Gasteiger partial charge in [0.2, 0.25) is 21.9 Å². The van der Waals surface area contributed by atoms with E-state index < -0.39 is 10.0 Å². The van der Waals surface area contributed by atoms with Crippen molar-refractivity contribution >= 4 is 44.1 Å². The Bertz CT molecular complexity index is 1190. The second-order valence-electron chi connectivity index (χ2n) is 6.83. The van der Waals surface area contributed by atoms with Gasteiger partial charge in [-0.15, -0.1) is 0 Å². The van der Waals surface area contributed by atoms with Gasteiger partial charge in [0.15, 0.2) is 11.0 Å². The molecule has 164 valence electrons. The lowest BCUT2D eigenvalue weighted by molar-refractivity contribution is 0.360. The Hall–Kier alpha value is -2.87. The fourth-order valence-electron chi connectivity index (χ4n) is 3.16. The van der Waals surface area contributed by atoms with E-state index in [0.717, 1.165) is 15.7 Å². The number of thiazole rings is 1. The number of hydrogen-bond donors (Lipinski definition) is 4. The highest BCUT2D eigenvalue weighted by Crippen LogP contribution is 2.31. The number of piperazine rings is 1. The van der Waals surface area contributed by atoms with Crippen LogP contribution >= 0.6 is 11.3 Å². The van der Waals surface area contributed by atoms with Gasteiger partial charge in [-0.2, -0.15) is 19.3 Å². The third-order valence-corrected chi connectivity index (χ3v) is 7.74. The molecule has 31 heavy (non-hydrogen) atoms. The predicted octanol–water partition coefficient (Wildman–Crippen LogP) is 1.26. The molecule has 11 nitrogen and oxygen atoms in total. The minimum Gasteiger partial charge on any atom is -0.368 e. The molecule has 2 aromatic heterocycles. The topological polar surface area (TPSA) is 151 Å². The standard InChI is InChI=1S/C18H23N9O2S2/c1-11-14(30-18(20-2)22-11)15-24-16(19)26-17(25-15)23-12-4-3-5-13(10-12)31(28,29)27-8-6-21-7-9-27/h3-5,10,21H,6-9H2,1-2H3,(H,20,22)(H3,19,23,24,25,26). The largest absolute Gasteiger partial charge is 0.368 e. The van der Waals surface area contributed by atoms with E-state index in [4.69, 9.17) is 5.73 Å². The molecule has 0 atom stereocenters. The van der Waals surface area contributed by atoms with Crippen LogP contribution in [0.4, 0.5) is 22.7 Å². The second kappa shape index (κ2) is 8.70. The zero-order valence-corrected chi connectivity index (χ0v) is 18.7. The van der Waals surface area contributed by atoms with Gasteiger partial charge in [-0.05, 0) is 25.1 Å². The number of sulfonamides is 1. The van der Waals surface area contributed by atoms with Gasteiger partial charge in [0, 0.05) is 38.9 Å². The number of anilines is 4. The number of aromatic nitrogens is 4. The molecule has 0 bridgehead atoms. The molecule has 4 rings (SSSR count). The van der Waals surface area contributed by atoms with Crippen molar-refractivity contribution < 1.29 is 8.42 Å². The molecule has 0 spiro atoms. The first-order valence-corrected chi connectivity index (χ1v) is 11.9. The van der Waals surface area contributed by atoms with Crippen LogP contribution in [0.2, 0.25) is 0 Å². The Morgan fingerprint density at radius 2 is 1.94 bits per heavy atom. The fraction of sp³-hybridized carbons (Fsp3) is 0.333. The monoisotopic (exact) mass is 461 g/mol. The maximum atomic E-state index is 13.0. The summed E-state index contributed by atoms with van der Waals surface area (Å²) in [5, 5.41) is 9.94. The fourth-order valence-corrected chi connectivity index (χ4v) is 5.50. The third-order valence-electron chi connectivity index (χ3n) is 4.67. The molecule has 1 aliphatic rings. The highest BCUT2D eigenvalue weighted by atomic mass is 32.2. The first-order valence-electron chi connectivity index (χ1n) is 9.62. The quantitative estimate of drug-likeness (QED) is 0.422. The number of hydrogen-bond acceptors (Lipinski definition) is 11. The first kappa shape index (κ1) is 21.4. The summed E-state index contributed by atoms with van der Waals surface area (Å²) in [7, 11) is -1.79. The molecule has 0 aliphatic carbocycles. The van der Waals surface area contributed by atoms with Crippen LogP contribution in [0.25, 0.3) is 10.7 Å². The number of nitrogens with one attached hydrogen (secondary N) is 3. The number of nitrogens with zero attached hydrogens (tertiary/aromatic N) is 5. The Balaban J connectivity index is 1.62. The van der Waals surface area contributed by atoms with Crippen LogP contribution < -0.4 is 21.7 Å². The van der Waals surface area contributed by atoms with E-state index in [2.05, 4.69) is 35.9 Å². The lowest BCUT2D eigenvalue weighted by atomic mass is 10.3. The summed E-state index contributed by atoms with van der Waals surface area (Å²) in [5.74, 6) is 0.671. The van der Waals surface area contributed by atoms with Crippen LogP contribution in [0.3, 0.4) is 0 Å². The zero-order valence-electron chi connectivity index (χ0n) is 17.1. The van der Waals surface area contributed by atoms with Crippen LogP contribution in [-0.4, -0.2) is 65.9 Å². The van der Waals surface area contributed by atoms with E-state index in [-0.39, 0.29) is 16.8 Å². The molecular formula is C18H23N9O2S2. The smallest absolute Gasteiger partial charge is 0.243 e. The lowest BCUT2D eigenvalue weighted by Crippen LogP contribution is -2.46. The number of nitrogen functional groups attached to an aromatic ring is 1. The van der Waals surface area contributed by atoms with Crippen molar-refractivity contribution in [1.82, 2.24) is 29.6 Å². The zero-order chi connectivity index (χ0) is 22.0. The van der Waals surface area contributed by atoms with Crippen molar-refractivity contribution in [3.63, 3.8) is 0 Å². The second-order valence-corrected chi connectivity index (χ2v) is 9.77. The minimum atomic E-state index is -3.58. The van der Waals surface area contributed by atoms with E-state index in [0.29, 0.717) is 37.7 Å². The number of benzene rings is 1. The van der Waals surface area contributed by atoms with Crippen LogP contribution in [0, 0.1) is 6.92 Å². The predicted molar refractivity (Wildman–Crippen MR) is 121 cm³/mol. The summed E-state index contributed by atoms with van der Waals surface area (Å²) in [6, 6.07) is 6.56. The molecule has 1 aliphatic heterocycles. The van der Waals surface area contributed by atoms with Crippen molar-refractivity contribution in [1.29, 1.82) is 0 Å². The van der Waals surface area contributed by atoms with Crippen molar-refractivity contribution in [2.24, 2.45) is 0 Å². The van der Waals surface area contributed by atoms with Gasteiger partial charge in [0.05, 0.1) is 15.5 Å². The Labute approximate surface area is 184 Å². The maximum Gasteiger partial charge on any atom is 0.243 e. The van der Waals surface area contributed by atoms with E-state index in [9.17, 15) is 8.42 Å². The highest BCUT2D eigenvalue weighted by Gasteiger charge is 2.26. The van der Waals surface area contributed by atoms with Crippen LogP contribution in [-0.2, 0) is 10.0 Å². The Morgan fingerprint density at radius 1 is 1.16 bits per heavy atom. The van der Waals surface area contributed by atoms with Crippen molar-refractivity contribution in [3.8, 4) is 10.7 Å². The van der Waals surface area contributed by atoms with Crippen LogP contribution in [0.15, 0.2) is 29.2 Å². The Kier molecular flexibility index (Phi) is 6.00. The molecule has 13 heteroatoms. The van der Waals surface area contributed by atoms with Gasteiger partial charge in [0.1, 0.15) is 0 Å². The number of aryl methyl sites for hydroxylation is 1. The van der Waals surface area contributed by atoms with Crippen LogP contribution in [0.1, 0.15) is 5.69 Å². The summed E-state index contributed by atoms with van der Waals surface area (Å²) in [6.07, 6.45) is 0. The van der Waals surface area contributed by atoms with E-state index in [1.807, 2.05) is 6.92 Å². The average Bonchev–Trinajstić information content (AvgIpc) is 3.15. The van der Waals surface area contributed by atoms with Gasteiger partial charge in [-0.3, -0.25) is 0 Å². The summed E-state index contributed by atoms with van der Waals surface area (Å²) >= 11 is 1.41. The summed E-state index contributed by atoms with van der Waals surface area (Å²) < 4.78 is 27.4. The average molecular weight is 462 g/mol. The summed E-state index contributed by atoms with van der Waals surface area (Å²) in [6.45, 7) is 4.02. The van der Waals surface area contributed by atoms with Crippen LogP contribution in [0.5, 0.6) is 0 Å². The van der Waals surface area contributed by atoms with Crippen molar-refractivity contribution in [2.75, 3.05) is 49.6 Å². The molecule has 3 aromatic rings. The molecule has 1 aromatic carbocycles. The molecule has 1 fully saturated rings. The summed E-state index contributed by atoms with van der Waals surface area (Å²) in [4.78, 5) is 18.2. The van der Waals surface area contributed by atoms with E-state index in [1.54, 1.807) is 31.3 Å². The lowest BCUT2D eigenvalue weighted by Gasteiger charge is -2.26. The first-order chi connectivity index (χ1) is 14.9. The molecule has 0 radical (unpaired) electrons. The molecule has 1 saturated heterocycles. The van der Waals surface area contributed by atoms with Gasteiger partial charge in [0.25, 0.3) is 0 Å². The summed E-state index contributed by atoms with van der Waals surface area (Å²) in [5.41, 5.74) is 7.20.